The summed E-state index contributed by atoms with van der Waals surface area (Å²) in [7, 11) is 0. The maximum Gasteiger partial charge on any atom is 0.325 e. The van der Waals surface area contributed by atoms with Gasteiger partial charge in [0, 0.05) is 18.7 Å². The smallest absolute Gasteiger partial charge is 0.325 e. The Kier molecular flexibility index (Phi) is 3.89. The van der Waals surface area contributed by atoms with Crippen LogP contribution in [0.2, 0.25) is 0 Å². The number of rotatable bonds is 5. The number of fused-ring (bicyclic) bond motifs is 1. The van der Waals surface area contributed by atoms with Crippen LogP contribution < -0.4 is 4.74 Å². The van der Waals surface area contributed by atoms with Crippen LogP contribution in [0.1, 0.15) is 24.4 Å². The second kappa shape index (κ2) is 5.81. The largest absolute Gasteiger partial charge is 0.492 e. The van der Waals surface area contributed by atoms with Crippen LogP contribution in [0.5, 0.6) is 5.75 Å². The number of hydrogen-bond acceptors (Lipinski definition) is 4. The molecule has 3 rings (SSSR count). The van der Waals surface area contributed by atoms with Crippen molar-refractivity contribution in [1.82, 2.24) is 4.90 Å². The highest BCUT2D eigenvalue weighted by molar-refractivity contribution is 5.76. The van der Waals surface area contributed by atoms with Crippen LogP contribution >= 0.6 is 0 Å². The van der Waals surface area contributed by atoms with Crippen molar-refractivity contribution in [3.8, 4) is 5.75 Å². The molecule has 0 amide bonds. The number of carbonyl (C=O) groups is 1. The van der Waals surface area contributed by atoms with Crippen LogP contribution in [0, 0.1) is 0 Å². The Bertz CT molecular complexity index is 487. The van der Waals surface area contributed by atoms with Gasteiger partial charge in [-0.2, -0.15) is 0 Å². The predicted molar refractivity (Wildman–Crippen MR) is 72.9 cm³/mol. The lowest BCUT2D eigenvalue weighted by Crippen LogP contribution is -2.37. The fraction of sp³-hybridized carbons (Fsp3) is 0.533. The van der Waals surface area contributed by atoms with Crippen LogP contribution in [0.25, 0.3) is 0 Å². The average molecular weight is 277 g/mol. The quantitative estimate of drug-likeness (QED) is 0.887. The molecule has 5 heteroatoms. The van der Waals surface area contributed by atoms with Gasteiger partial charge < -0.3 is 14.6 Å². The maximum absolute atomic E-state index is 11.7. The van der Waals surface area contributed by atoms with Crippen LogP contribution in [0.3, 0.4) is 0 Å². The molecule has 1 unspecified atom stereocenters. The van der Waals surface area contributed by atoms with E-state index in [0.717, 1.165) is 18.4 Å². The van der Waals surface area contributed by atoms with E-state index in [2.05, 4.69) is 0 Å². The van der Waals surface area contributed by atoms with E-state index in [0.29, 0.717) is 38.2 Å². The van der Waals surface area contributed by atoms with Crippen molar-refractivity contribution in [3.63, 3.8) is 0 Å². The van der Waals surface area contributed by atoms with Gasteiger partial charge in [-0.3, -0.25) is 9.69 Å². The van der Waals surface area contributed by atoms with Crippen molar-refractivity contribution in [2.24, 2.45) is 0 Å². The minimum absolute atomic E-state index is 0.397. The molecule has 0 radical (unpaired) electrons. The molecule has 1 heterocycles. The Morgan fingerprint density at radius 2 is 2.20 bits per heavy atom. The summed E-state index contributed by atoms with van der Waals surface area (Å²) in [4.78, 5) is 13.6. The molecule has 2 aliphatic rings. The lowest BCUT2D eigenvalue weighted by atomic mass is 10.0. The first kappa shape index (κ1) is 13.4. The van der Waals surface area contributed by atoms with Gasteiger partial charge in [-0.1, -0.05) is 18.2 Å². The fourth-order valence-corrected chi connectivity index (χ4v) is 2.54. The van der Waals surface area contributed by atoms with Gasteiger partial charge in [0.1, 0.15) is 18.4 Å². The summed E-state index contributed by atoms with van der Waals surface area (Å²) in [6.45, 7) is 2.30. The third-order valence-electron chi connectivity index (χ3n) is 3.71. The summed E-state index contributed by atoms with van der Waals surface area (Å²) >= 11 is 0. The zero-order chi connectivity index (χ0) is 13.9. The molecule has 20 heavy (non-hydrogen) atoms. The molecule has 5 nitrogen and oxygen atoms in total. The average Bonchev–Trinajstić information content (AvgIpc) is 3.24. The molecule has 0 aromatic heterocycles. The summed E-state index contributed by atoms with van der Waals surface area (Å²) in [6.07, 6.45) is 2.66. The molecule has 0 bridgehead atoms. The van der Waals surface area contributed by atoms with E-state index in [1.54, 1.807) is 0 Å². The molecule has 0 saturated heterocycles. The van der Waals surface area contributed by atoms with E-state index in [-0.39, 0.29) is 0 Å². The van der Waals surface area contributed by atoms with Gasteiger partial charge >= 0.3 is 5.97 Å². The first-order valence-electron chi connectivity index (χ1n) is 7.06. The number of hydrogen-bond donors (Lipinski definition) is 1. The number of ether oxygens (including phenoxy) is 2. The molecule has 1 fully saturated rings. The molecular weight excluding hydrogens is 258 g/mol. The van der Waals surface area contributed by atoms with Gasteiger partial charge in [-0.15, -0.1) is 0 Å². The predicted octanol–water partition coefficient (Wildman–Crippen LogP) is 1.69. The van der Waals surface area contributed by atoms with Gasteiger partial charge in [0.05, 0.1) is 12.7 Å². The zero-order valence-electron chi connectivity index (χ0n) is 11.3. The molecule has 0 spiro atoms. The van der Waals surface area contributed by atoms with Crippen LogP contribution in [-0.2, 0) is 9.53 Å². The molecular formula is C15H19NO4. The number of aliphatic carboxylic acids is 1. The van der Waals surface area contributed by atoms with Gasteiger partial charge in [-0.05, 0) is 18.9 Å². The van der Waals surface area contributed by atoms with E-state index in [9.17, 15) is 9.90 Å². The highest BCUT2D eigenvalue weighted by Gasteiger charge is 2.32. The standard InChI is InChI=1S/C15H19NO4/c17-15(18)14-12-3-1-2-4-13(12)20-10-8-16(14)7-9-19-11-5-6-11/h1-4,11,14H,5-10H2,(H,17,18). The molecule has 1 aliphatic carbocycles. The lowest BCUT2D eigenvalue weighted by molar-refractivity contribution is -0.143. The van der Waals surface area contributed by atoms with E-state index < -0.39 is 12.0 Å². The van der Waals surface area contributed by atoms with Crippen LogP contribution in [0.4, 0.5) is 0 Å². The molecule has 1 aromatic rings. The van der Waals surface area contributed by atoms with Gasteiger partial charge in [0.2, 0.25) is 0 Å². The summed E-state index contributed by atoms with van der Waals surface area (Å²) in [6, 6.07) is 6.71. The van der Waals surface area contributed by atoms with Crippen molar-refractivity contribution < 1.29 is 19.4 Å². The number of para-hydroxylation sites is 1. The number of benzene rings is 1. The summed E-state index contributed by atoms with van der Waals surface area (Å²) in [5.74, 6) is -0.167. The Hall–Kier alpha value is -1.59. The third-order valence-corrected chi connectivity index (χ3v) is 3.71. The third kappa shape index (κ3) is 2.94. The summed E-state index contributed by atoms with van der Waals surface area (Å²) in [5.41, 5.74) is 0.726. The van der Waals surface area contributed by atoms with E-state index in [1.807, 2.05) is 29.2 Å². The fourth-order valence-electron chi connectivity index (χ4n) is 2.54. The normalized spacial score (nSPS) is 22.7. The Morgan fingerprint density at radius 3 is 2.95 bits per heavy atom. The maximum atomic E-state index is 11.7. The van der Waals surface area contributed by atoms with Crippen molar-refractivity contribution in [2.75, 3.05) is 26.3 Å². The molecule has 1 aromatic carbocycles. The second-order valence-electron chi connectivity index (χ2n) is 5.23. The van der Waals surface area contributed by atoms with Crippen LogP contribution in [0.15, 0.2) is 24.3 Å². The first-order valence-corrected chi connectivity index (χ1v) is 7.06. The van der Waals surface area contributed by atoms with Crippen molar-refractivity contribution in [3.05, 3.63) is 29.8 Å². The summed E-state index contributed by atoms with van der Waals surface area (Å²) in [5, 5.41) is 9.56. The molecule has 1 N–H and O–H groups in total. The van der Waals surface area contributed by atoms with Crippen molar-refractivity contribution in [2.45, 2.75) is 25.0 Å². The summed E-state index contributed by atoms with van der Waals surface area (Å²) < 4.78 is 11.3. The van der Waals surface area contributed by atoms with Crippen LogP contribution in [-0.4, -0.2) is 48.4 Å². The topological polar surface area (TPSA) is 59.0 Å². The Morgan fingerprint density at radius 1 is 1.40 bits per heavy atom. The van der Waals surface area contributed by atoms with Gasteiger partial charge in [0.15, 0.2) is 0 Å². The van der Waals surface area contributed by atoms with E-state index in [4.69, 9.17) is 9.47 Å². The van der Waals surface area contributed by atoms with Crippen molar-refractivity contribution in [1.29, 1.82) is 0 Å². The Balaban J connectivity index is 1.75. The highest BCUT2D eigenvalue weighted by Crippen LogP contribution is 2.32. The van der Waals surface area contributed by atoms with E-state index >= 15 is 0 Å². The number of carboxylic acid groups (broad SMARTS) is 1. The minimum atomic E-state index is -0.839. The monoisotopic (exact) mass is 277 g/mol. The molecule has 108 valence electrons. The number of nitrogens with zero attached hydrogens (tertiary/aromatic N) is 1. The Labute approximate surface area is 118 Å². The second-order valence-corrected chi connectivity index (χ2v) is 5.23. The molecule has 1 saturated carbocycles. The first-order chi connectivity index (χ1) is 9.75. The zero-order valence-corrected chi connectivity index (χ0v) is 11.3. The molecule has 1 aliphatic heterocycles. The van der Waals surface area contributed by atoms with Crippen molar-refractivity contribution >= 4 is 5.97 Å². The lowest BCUT2D eigenvalue weighted by Gasteiger charge is -2.26. The highest BCUT2D eigenvalue weighted by atomic mass is 16.5. The minimum Gasteiger partial charge on any atom is -0.492 e. The molecule has 1 atom stereocenters. The van der Waals surface area contributed by atoms with Gasteiger partial charge in [-0.25, -0.2) is 0 Å². The SMILES string of the molecule is O=C(O)C1c2ccccc2OCCN1CCOC1CC1. The van der Waals surface area contributed by atoms with Gasteiger partial charge in [0.25, 0.3) is 0 Å². The number of carboxylic acids is 1. The van der Waals surface area contributed by atoms with E-state index in [1.165, 1.54) is 0 Å².